The molecule has 0 aromatic carbocycles. The van der Waals surface area contributed by atoms with E-state index in [4.69, 9.17) is 9.52 Å². The van der Waals surface area contributed by atoms with Crippen LogP contribution in [0.25, 0.3) is 0 Å². The third-order valence-corrected chi connectivity index (χ3v) is 4.34. The molecule has 1 fully saturated rings. The van der Waals surface area contributed by atoms with E-state index in [1.807, 2.05) is 24.6 Å². The molecule has 1 atom stereocenters. The first kappa shape index (κ1) is 16.3. The highest BCUT2D eigenvalue weighted by Gasteiger charge is 2.29. The van der Waals surface area contributed by atoms with Crippen LogP contribution in [-0.4, -0.2) is 44.8 Å². The van der Waals surface area contributed by atoms with Gasteiger partial charge in [-0.15, -0.1) is 0 Å². The molecule has 0 aliphatic carbocycles. The molecule has 0 saturated carbocycles. The van der Waals surface area contributed by atoms with Crippen LogP contribution in [0.1, 0.15) is 40.5 Å². The Morgan fingerprint density at radius 1 is 1.38 bits per heavy atom. The number of piperidine rings is 1. The molecule has 1 amide bonds. The molecule has 0 spiro atoms. The van der Waals surface area contributed by atoms with Crippen molar-refractivity contribution in [1.29, 1.82) is 0 Å². The van der Waals surface area contributed by atoms with Crippen LogP contribution in [0.5, 0.6) is 0 Å². The van der Waals surface area contributed by atoms with Crippen LogP contribution in [0.15, 0.2) is 22.6 Å². The van der Waals surface area contributed by atoms with E-state index in [0.29, 0.717) is 31.7 Å². The van der Waals surface area contributed by atoms with Gasteiger partial charge < -0.3 is 14.4 Å². The quantitative estimate of drug-likeness (QED) is 0.926. The topological polar surface area (TPSA) is 88.6 Å². The van der Waals surface area contributed by atoms with Gasteiger partial charge in [0, 0.05) is 18.8 Å². The van der Waals surface area contributed by atoms with Crippen molar-refractivity contribution in [2.45, 2.75) is 33.2 Å². The third kappa shape index (κ3) is 3.34. The average Bonchev–Trinajstić information content (AvgIpc) is 3.14. The Bertz CT molecular complexity index is 762. The van der Waals surface area contributed by atoms with E-state index in [0.717, 1.165) is 11.4 Å². The molecule has 1 N–H and O–H groups in total. The second-order valence-corrected chi connectivity index (χ2v) is 6.28. The molecule has 2 aromatic rings. The Kier molecular flexibility index (Phi) is 4.42. The normalized spacial score (nSPS) is 17.9. The van der Waals surface area contributed by atoms with Crippen LogP contribution in [0.2, 0.25) is 0 Å². The smallest absolute Gasteiger partial charge is 0.308 e. The fourth-order valence-electron chi connectivity index (χ4n) is 3.08. The van der Waals surface area contributed by atoms with Gasteiger partial charge in [0.25, 0.3) is 5.91 Å². The Morgan fingerprint density at radius 2 is 2.17 bits per heavy atom. The number of amides is 1. The molecule has 1 saturated heterocycles. The van der Waals surface area contributed by atoms with Crippen molar-refractivity contribution in [3.8, 4) is 0 Å². The van der Waals surface area contributed by atoms with Crippen LogP contribution in [-0.2, 0) is 11.3 Å². The maximum Gasteiger partial charge on any atom is 0.308 e. The fourth-order valence-corrected chi connectivity index (χ4v) is 3.08. The molecule has 0 unspecified atom stereocenters. The summed E-state index contributed by atoms with van der Waals surface area (Å²) in [6, 6.07) is 5.39. The van der Waals surface area contributed by atoms with E-state index in [9.17, 15) is 9.59 Å². The van der Waals surface area contributed by atoms with E-state index in [1.54, 1.807) is 17.0 Å². The molecular formula is C17H21N3O4. The highest BCUT2D eigenvalue weighted by atomic mass is 16.4. The van der Waals surface area contributed by atoms with Gasteiger partial charge in [0.05, 0.1) is 18.2 Å². The highest BCUT2D eigenvalue weighted by Crippen LogP contribution is 2.20. The van der Waals surface area contributed by atoms with Gasteiger partial charge in [0.15, 0.2) is 5.76 Å². The molecule has 24 heavy (non-hydrogen) atoms. The van der Waals surface area contributed by atoms with Crippen molar-refractivity contribution in [2.24, 2.45) is 5.92 Å². The zero-order chi connectivity index (χ0) is 17.3. The number of aromatic nitrogens is 2. The van der Waals surface area contributed by atoms with Gasteiger partial charge in [-0.3, -0.25) is 14.3 Å². The van der Waals surface area contributed by atoms with Gasteiger partial charge in [-0.25, -0.2) is 0 Å². The van der Waals surface area contributed by atoms with Gasteiger partial charge in [-0.1, -0.05) is 0 Å². The van der Waals surface area contributed by atoms with Crippen LogP contribution < -0.4 is 0 Å². The number of furan rings is 1. The molecule has 0 bridgehead atoms. The first-order chi connectivity index (χ1) is 11.4. The molecule has 2 aromatic heterocycles. The number of hydrogen-bond acceptors (Lipinski definition) is 4. The summed E-state index contributed by atoms with van der Waals surface area (Å²) in [4.78, 5) is 25.2. The third-order valence-electron chi connectivity index (χ3n) is 4.34. The lowest BCUT2D eigenvalue weighted by atomic mass is 9.98. The number of carboxylic acid groups (broad SMARTS) is 1. The summed E-state index contributed by atoms with van der Waals surface area (Å²) in [6.45, 7) is 5.16. The zero-order valence-electron chi connectivity index (χ0n) is 13.9. The Morgan fingerprint density at radius 3 is 2.83 bits per heavy atom. The summed E-state index contributed by atoms with van der Waals surface area (Å²) in [6.07, 6.45) is 1.31. The highest BCUT2D eigenvalue weighted by molar-refractivity contribution is 5.92. The number of carboxylic acids is 1. The Balaban J connectivity index is 1.69. The molecule has 128 valence electrons. The van der Waals surface area contributed by atoms with Crippen molar-refractivity contribution < 1.29 is 19.1 Å². The predicted molar refractivity (Wildman–Crippen MR) is 85.8 cm³/mol. The second kappa shape index (κ2) is 6.51. The fraction of sp³-hybridized carbons (Fsp3) is 0.471. The first-order valence-electron chi connectivity index (χ1n) is 8.06. The van der Waals surface area contributed by atoms with Gasteiger partial charge in [0.1, 0.15) is 5.76 Å². The number of aryl methyl sites for hydroxylation is 2. The lowest BCUT2D eigenvalue weighted by Gasteiger charge is -2.29. The molecule has 0 radical (unpaired) electrons. The van der Waals surface area contributed by atoms with Crippen molar-refractivity contribution in [2.75, 3.05) is 13.1 Å². The van der Waals surface area contributed by atoms with E-state index in [2.05, 4.69) is 5.10 Å². The SMILES string of the molecule is Cc1cc(C)n(Cc2ccc(C(=O)N3CCC[C@H](C(=O)O)C3)o2)n1. The number of likely N-dealkylation sites (tertiary alicyclic amines) is 1. The maximum absolute atomic E-state index is 12.5. The number of carbonyl (C=O) groups is 2. The predicted octanol–water partition coefficient (Wildman–Crippen LogP) is 2.08. The monoisotopic (exact) mass is 331 g/mol. The molecule has 3 heterocycles. The lowest BCUT2D eigenvalue weighted by Crippen LogP contribution is -2.42. The van der Waals surface area contributed by atoms with Crippen molar-refractivity contribution in [1.82, 2.24) is 14.7 Å². The lowest BCUT2D eigenvalue weighted by molar-refractivity contribution is -0.143. The molecule has 7 heteroatoms. The van der Waals surface area contributed by atoms with Crippen LogP contribution in [0.4, 0.5) is 0 Å². The number of nitrogens with zero attached hydrogens (tertiary/aromatic N) is 3. The van der Waals surface area contributed by atoms with Gasteiger partial charge in [0.2, 0.25) is 0 Å². The number of aliphatic carboxylic acids is 1. The largest absolute Gasteiger partial charge is 0.481 e. The summed E-state index contributed by atoms with van der Waals surface area (Å²) in [5.41, 5.74) is 1.96. The minimum absolute atomic E-state index is 0.238. The van der Waals surface area contributed by atoms with E-state index >= 15 is 0 Å². The standard InChI is InChI=1S/C17H21N3O4/c1-11-8-12(2)20(18-11)10-14-5-6-15(24-14)16(21)19-7-3-4-13(9-19)17(22)23/h5-6,8,13H,3-4,7,9-10H2,1-2H3,(H,22,23)/t13-/m0/s1. The second-order valence-electron chi connectivity index (χ2n) is 6.28. The van der Waals surface area contributed by atoms with Crippen molar-refractivity contribution in [3.63, 3.8) is 0 Å². The van der Waals surface area contributed by atoms with Crippen LogP contribution >= 0.6 is 0 Å². The number of carbonyl (C=O) groups excluding carboxylic acids is 1. The van der Waals surface area contributed by atoms with E-state index < -0.39 is 11.9 Å². The molecule has 1 aliphatic rings. The minimum atomic E-state index is -0.850. The van der Waals surface area contributed by atoms with Crippen LogP contribution in [0, 0.1) is 19.8 Å². The number of rotatable bonds is 4. The van der Waals surface area contributed by atoms with Crippen LogP contribution in [0.3, 0.4) is 0 Å². The minimum Gasteiger partial charge on any atom is -0.481 e. The summed E-state index contributed by atoms with van der Waals surface area (Å²) in [5.74, 6) is -0.696. The Hall–Kier alpha value is -2.57. The maximum atomic E-state index is 12.5. The van der Waals surface area contributed by atoms with Crippen molar-refractivity contribution in [3.05, 3.63) is 41.1 Å². The van der Waals surface area contributed by atoms with Crippen molar-refractivity contribution >= 4 is 11.9 Å². The van der Waals surface area contributed by atoms with E-state index in [-0.39, 0.29) is 18.2 Å². The van der Waals surface area contributed by atoms with E-state index in [1.165, 1.54) is 0 Å². The first-order valence-corrected chi connectivity index (χ1v) is 8.06. The molecule has 3 rings (SSSR count). The number of hydrogen-bond donors (Lipinski definition) is 1. The van der Waals surface area contributed by atoms with Gasteiger partial charge in [-0.2, -0.15) is 5.10 Å². The molecule has 7 nitrogen and oxygen atoms in total. The molecule has 1 aliphatic heterocycles. The summed E-state index contributed by atoms with van der Waals surface area (Å²) < 4.78 is 7.49. The van der Waals surface area contributed by atoms with Gasteiger partial charge >= 0.3 is 5.97 Å². The zero-order valence-corrected chi connectivity index (χ0v) is 13.9. The summed E-state index contributed by atoms with van der Waals surface area (Å²) in [5, 5.41) is 13.5. The van der Waals surface area contributed by atoms with Gasteiger partial charge in [-0.05, 0) is 44.9 Å². The molecular weight excluding hydrogens is 310 g/mol. The summed E-state index contributed by atoms with van der Waals surface area (Å²) >= 11 is 0. The Labute approximate surface area is 139 Å². The summed E-state index contributed by atoms with van der Waals surface area (Å²) in [7, 11) is 0. The average molecular weight is 331 g/mol.